The quantitative estimate of drug-likeness (QED) is 0.847. The number of aromatic carboxylic acids is 1. The standard InChI is InChI=1S/C15H13NO3S/c1-10-9-13(20-14(10)15(18)19)16-12(17)8-7-11-5-3-2-4-6-11/h2-9H,1H3,(H,16,17)(H,18,19)/b8-7+. The monoisotopic (exact) mass is 287 g/mol. The van der Waals surface area contributed by atoms with E-state index in [1.165, 1.54) is 6.08 Å². The first-order valence-electron chi connectivity index (χ1n) is 5.94. The predicted molar refractivity (Wildman–Crippen MR) is 80.1 cm³/mol. The number of hydrogen-bond acceptors (Lipinski definition) is 3. The number of amides is 1. The fraction of sp³-hybridized carbons (Fsp3) is 0.0667. The summed E-state index contributed by atoms with van der Waals surface area (Å²) in [5.74, 6) is -1.26. The Kier molecular flexibility index (Phi) is 4.32. The molecule has 1 aromatic carbocycles. The summed E-state index contributed by atoms with van der Waals surface area (Å²) in [5, 5.41) is 12.1. The van der Waals surface area contributed by atoms with E-state index in [0.717, 1.165) is 16.9 Å². The van der Waals surface area contributed by atoms with Gasteiger partial charge >= 0.3 is 5.97 Å². The van der Waals surface area contributed by atoms with Crippen LogP contribution in [0.1, 0.15) is 20.8 Å². The van der Waals surface area contributed by atoms with Crippen molar-refractivity contribution in [3.63, 3.8) is 0 Å². The number of nitrogens with one attached hydrogen (secondary N) is 1. The van der Waals surface area contributed by atoms with Gasteiger partial charge in [-0.05, 0) is 30.2 Å². The number of thiophene rings is 1. The molecule has 0 fully saturated rings. The van der Waals surface area contributed by atoms with E-state index in [-0.39, 0.29) is 10.8 Å². The van der Waals surface area contributed by atoms with Crippen molar-refractivity contribution >= 4 is 34.3 Å². The summed E-state index contributed by atoms with van der Waals surface area (Å²) in [6.45, 7) is 1.70. The van der Waals surface area contributed by atoms with Gasteiger partial charge in [0.2, 0.25) is 5.91 Å². The van der Waals surface area contributed by atoms with E-state index < -0.39 is 5.97 Å². The summed E-state index contributed by atoms with van der Waals surface area (Å²) in [6, 6.07) is 11.1. The van der Waals surface area contributed by atoms with Gasteiger partial charge in [-0.1, -0.05) is 30.3 Å². The zero-order valence-corrected chi connectivity index (χ0v) is 11.6. The first-order valence-corrected chi connectivity index (χ1v) is 6.76. The van der Waals surface area contributed by atoms with Crippen LogP contribution in [0.2, 0.25) is 0 Å². The second-order valence-electron chi connectivity index (χ2n) is 4.16. The average Bonchev–Trinajstić information content (AvgIpc) is 2.78. The molecule has 0 aliphatic rings. The van der Waals surface area contributed by atoms with Gasteiger partial charge < -0.3 is 10.4 Å². The molecule has 2 aromatic rings. The summed E-state index contributed by atoms with van der Waals surface area (Å²) in [6.07, 6.45) is 3.12. The number of hydrogen-bond donors (Lipinski definition) is 2. The number of benzene rings is 1. The second-order valence-corrected chi connectivity index (χ2v) is 5.21. The lowest BCUT2D eigenvalue weighted by Crippen LogP contribution is -2.06. The smallest absolute Gasteiger partial charge is 0.346 e. The van der Waals surface area contributed by atoms with E-state index in [1.54, 1.807) is 19.1 Å². The topological polar surface area (TPSA) is 66.4 Å². The maximum Gasteiger partial charge on any atom is 0.346 e. The molecule has 0 unspecified atom stereocenters. The summed E-state index contributed by atoms with van der Waals surface area (Å²) in [5.41, 5.74) is 1.57. The lowest BCUT2D eigenvalue weighted by Gasteiger charge is -1.96. The predicted octanol–water partition coefficient (Wildman–Crippen LogP) is 3.41. The van der Waals surface area contributed by atoms with Crippen LogP contribution in [0, 0.1) is 6.92 Å². The number of carbonyl (C=O) groups excluding carboxylic acids is 1. The fourth-order valence-corrected chi connectivity index (χ4v) is 2.57. The number of carboxylic acids is 1. The highest BCUT2D eigenvalue weighted by atomic mass is 32.1. The highest BCUT2D eigenvalue weighted by Gasteiger charge is 2.12. The molecule has 0 aliphatic heterocycles. The molecule has 1 aromatic heterocycles. The third-order valence-corrected chi connectivity index (χ3v) is 3.73. The van der Waals surface area contributed by atoms with Gasteiger partial charge in [-0.2, -0.15) is 0 Å². The van der Waals surface area contributed by atoms with Crippen LogP contribution in [0.4, 0.5) is 5.00 Å². The summed E-state index contributed by atoms with van der Waals surface area (Å²) >= 11 is 1.05. The van der Waals surface area contributed by atoms with Crippen molar-refractivity contribution < 1.29 is 14.7 Å². The Morgan fingerprint density at radius 3 is 2.55 bits per heavy atom. The first-order chi connectivity index (χ1) is 9.56. The van der Waals surface area contributed by atoms with E-state index in [2.05, 4.69) is 5.32 Å². The van der Waals surface area contributed by atoms with Gasteiger partial charge in [-0.25, -0.2) is 4.79 Å². The third kappa shape index (κ3) is 3.55. The van der Waals surface area contributed by atoms with Gasteiger partial charge in [-0.15, -0.1) is 11.3 Å². The van der Waals surface area contributed by atoms with E-state index in [1.807, 2.05) is 30.3 Å². The van der Waals surface area contributed by atoms with E-state index in [9.17, 15) is 9.59 Å². The minimum Gasteiger partial charge on any atom is -0.477 e. The minimum absolute atomic E-state index is 0.243. The third-order valence-electron chi connectivity index (χ3n) is 2.59. The molecule has 2 N–H and O–H groups in total. The van der Waals surface area contributed by atoms with Gasteiger partial charge in [0.05, 0.1) is 5.00 Å². The van der Waals surface area contributed by atoms with Gasteiger partial charge in [0, 0.05) is 6.08 Å². The Balaban J connectivity index is 2.03. The maximum atomic E-state index is 11.7. The molecule has 5 heteroatoms. The largest absolute Gasteiger partial charge is 0.477 e. The van der Waals surface area contributed by atoms with E-state index >= 15 is 0 Å². The first kappa shape index (κ1) is 14.0. The highest BCUT2D eigenvalue weighted by Crippen LogP contribution is 2.26. The molecular formula is C15H13NO3S. The van der Waals surface area contributed by atoms with Gasteiger partial charge in [0.15, 0.2) is 0 Å². The highest BCUT2D eigenvalue weighted by molar-refractivity contribution is 7.18. The van der Waals surface area contributed by atoms with Crippen LogP contribution in [0.15, 0.2) is 42.5 Å². The molecule has 0 radical (unpaired) electrons. The van der Waals surface area contributed by atoms with Crippen LogP contribution in [0.25, 0.3) is 6.08 Å². The van der Waals surface area contributed by atoms with Crippen molar-refractivity contribution in [1.82, 2.24) is 0 Å². The summed E-state index contributed by atoms with van der Waals surface area (Å²) in [4.78, 5) is 22.9. The van der Waals surface area contributed by atoms with Crippen LogP contribution in [-0.2, 0) is 4.79 Å². The van der Waals surface area contributed by atoms with Crippen molar-refractivity contribution in [2.24, 2.45) is 0 Å². The number of rotatable bonds is 4. The van der Waals surface area contributed by atoms with Crippen LogP contribution < -0.4 is 5.32 Å². The molecule has 20 heavy (non-hydrogen) atoms. The van der Waals surface area contributed by atoms with Gasteiger partial charge in [-0.3, -0.25) is 4.79 Å². The van der Waals surface area contributed by atoms with Crippen LogP contribution in [-0.4, -0.2) is 17.0 Å². The van der Waals surface area contributed by atoms with E-state index in [0.29, 0.717) is 10.6 Å². The Morgan fingerprint density at radius 2 is 1.95 bits per heavy atom. The lowest BCUT2D eigenvalue weighted by molar-refractivity contribution is -0.111. The molecule has 0 aliphatic carbocycles. The molecule has 0 atom stereocenters. The minimum atomic E-state index is -0.979. The van der Waals surface area contributed by atoms with Crippen molar-refractivity contribution in [2.45, 2.75) is 6.92 Å². The van der Waals surface area contributed by atoms with Gasteiger partial charge in [0.25, 0.3) is 0 Å². The molecule has 1 amide bonds. The Hall–Kier alpha value is -2.40. The molecule has 4 nitrogen and oxygen atoms in total. The average molecular weight is 287 g/mol. The van der Waals surface area contributed by atoms with Crippen LogP contribution in [0.3, 0.4) is 0 Å². The molecule has 0 spiro atoms. The van der Waals surface area contributed by atoms with Crippen molar-refractivity contribution in [3.05, 3.63) is 58.5 Å². The zero-order chi connectivity index (χ0) is 14.5. The Bertz CT molecular complexity index is 659. The molecule has 0 bridgehead atoms. The number of aryl methyl sites for hydroxylation is 1. The van der Waals surface area contributed by atoms with E-state index in [4.69, 9.17) is 5.11 Å². The summed E-state index contributed by atoms with van der Waals surface area (Å²) < 4.78 is 0. The molecule has 0 saturated carbocycles. The second kappa shape index (κ2) is 6.16. The molecule has 2 rings (SSSR count). The normalized spacial score (nSPS) is 10.7. The molecule has 1 heterocycles. The lowest BCUT2D eigenvalue weighted by atomic mass is 10.2. The van der Waals surface area contributed by atoms with Crippen LogP contribution in [0.5, 0.6) is 0 Å². The maximum absolute atomic E-state index is 11.7. The SMILES string of the molecule is Cc1cc(NC(=O)/C=C/c2ccccc2)sc1C(=O)O. The fourth-order valence-electron chi connectivity index (χ4n) is 1.66. The number of anilines is 1. The Morgan fingerprint density at radius 1 is 1.25 bits per heavy atom. The number of carbonyl (C=O) groups is 2. The van der Waals surface area contributed by atoms with Crippen LogP contribution >= 0.6 is 11.3 Å². The van der Waals surface area contributed by atoms with Crippen molar-refractivity contribution in [2.75, 3.05) is 5.32 Å². The molecule has 0 saturated heterocycles. The van der Waals surface area contributed by atoms with Crippen molar-refractivity contribution in [1.29, 1.82) is 0 Å². The number of carboxylic acid groups (broad SMARTS) is 1. The molecular weight excluding hydrogens is 274 g/mol. The zero-order valence-electron chi connectivity index (χ0n) is 10.8. The van der Waals surface area contributed by atoms with Crippen molar-refractivity contribution in [3.8, 4) is 0 Å². The summed E-state index contributed by atoms with van der Waals surface area (Å²) in [7, 11) is 0. The van der Waals surface area contributed by atoms with Gasteiger partial charge in [0.1, 0.15) is 4.88 Å². The molecule has 102 valence electrons. The Labute approximate surface area is 120 Å².